The van der Waals surface area contributed by atoms with Crippen LogP contribution in [0, 0.1) is 0 Å². The lowest BCUT2D eigenvalue weighted by molar-refractivity contribution is -0.143. The van der Waals surface area contributed by atoms with E-state index in [-0.39, 0.29) is 39.6 Å². The maximum Gasteiger partial charge on any atom is 0.416 e. The van der Waals surface area contributed by atoms with E-state index in [0.717, 1.165) is 11.8 Å². The number of aromatic nitrogens is 1. The normalized spacial score (nSPS) is 15.0. The molecule has 2 aromatic carbocycles. The van der Waals surface area contributed by atoms with Gasteiger partial charge in [0.2, 0.25) is 5.91 Å². The first kappa shape index (κ1) is 34.6. The number of carbonyl (C=O) groups is 3. The van der Waals surface area contributed by atoms with E-state index in [1.54, 1.807) is 20.8 Å². The van der Waals surface area contributed by atoms with Crippen molar-refractivity contribution >= 4 is 57.8 Å². The number of benzene rings is 2. The smallest absolute Gasteiger partial charge is 0.416 e. The third-order valence-electron chi connectivity index (χ3n) is 6.17. The number of pyridine rings is 1. The number of hydrogen-bond acceptors (Lipinski definition) is 7. The van der Waals surface area contributed by atoms with Crippen molar-refractivity contribution in [3.8, 4) is 11.3 Å². The van der Waals surface area contributed by atoms with Gasteiger partial charge < -0.3 is 10.1 Å². The van der Waals surface area contributed by atoms with E-state index in [1.165, 1.54) is 53.4 Å². The Labute approximate surface area is 269 Å². The van der Waals surface area contributed by atoms with Crippen molar-refractivity contribution in [1.29, 1.82) is 0 Å². The summed E-state index contributed by atoms with van der Waals surface area (Å²) in [4.78, 5) is 43.2. The van der Waals surface area contributed by atoms with Crippen LogP contribution in [-0.4, -0.2) is 44.1 Å². The number of anilines is 1. The number of halogens is 6. The van der Waals surface area contributed by atoms with Crippen LogP contribution in [0.1, 0.15) is 54.4 Å². The van der Waals surface area contributed by atoms with E-state index in [4.69, 9.17) is 17.0 Å². The summed E-state index contributed by atoms with van der Waals surface area (Å²) < 4.78 is 85.4. The second kappa shape index (κ2) is 13.2. The Hall–Kier alpha value is -4.24. The predicted octanol–water partition coefficient (Wildman–Crippen LogP) is 7.97. The Bertz CT molecular complexity index is 1680. The summed E-state index contributed by atoms with van der Waals surface area (Å²) in [5.74, 6) is -1.49. The van der Waals surface area contributed by atoms with Crippen LogP contribution in [0.4, 0.5) is 32.0 Å². The molecule has 0 unspecified atom stereocenters. The van der Waals surface area contributed by atoms with Gasteiger partial charge in [-0.05, 0) is 81.4 Å². The van der Waals surface area contributed by atoms with Crippen molar-refractivity contribution in [2.45, 2.75) is 45.1 Å². The molecule has 1 aliphatic rings. The molecule has 1 saturated heterocycles. The lowest BCUT2D eigenvalue weighted by atomic mass is 10.0. The van der Waals surface area contributed by atoms with E-state index in [0.29, 0.717) is 23.4 Å². The number of ether oxygens (including phenoxy) is 1. The molecule has 0 spiro atoms. The molecule has 46 heavy (non-hydrogen) atoms. The molecule has 4 rings (SSSR count). The zero-order valence-corrected chi connectivity index (χ0v) is 26.0. The number of nitrogens with one attached hydrogen (secondary N) is 1. The average Bonchev–Trinajstić information content (AvgIpc) is 3.21. The highest BCUT2D eigenvalue weighted by atomic mass is 32.2. The van der Waals surface area contributed by atoms with Crippen molar-refractivity contribution < 1.29 is 45.5 Å². The fraction of sp³-hybridized carbons (Fsp3) is 0.258. The van der Waals surface area contributed by atoms with Gasteiger partial charge in [-0.25, -0.2) is 9.78 Å². The van der Waals surface area contributed by atoms with Crippen LogP contribution in [-0.2, 0) is 26.7 Å². The molecule has 1 fully saturated rings. The first-order chi connectivity index (χ1) is 21.3. The van der Waals surface area contributed by atoms with Crippen LogP contribution in [0.25, 0.3) is 17.3 Å². The van der Waals surface area contributed by atoms with Crippen LogP contribution >= 0.6 is 24.0 Å². The Morgan fingerprint density at radius 3 is 2.13 bits per heavy atom. The molecule has 0 bridgehead atoms. The fourth-order valence-electron chi connectivity index (χ4n) is 4.09. The number of carbonyl (C=O) groups excluding carboxylic acids is 3. The molecular weight excluding hydrogens is 656 g/mol. The minimum Gasteiger partial charge on any atom is -0.456 e. The SMILES string of the molecule is CC(C)(C)OC(=O)c1ccc(NC(=O)CCN2C(=O)/C(=C/c3cccc(-c4cc(C(F)(F)F)cc(C(F)(F)F)c4)n3)SC2=S)cc1. The van der Waals surface area contributed by atoms with E-state index in [2.05, 4.69) is 10.3 Å². The summed E-state index contributed by atoms with van der Waals surface area (Å²) in [6.45, 7) is 5.16. The Kier molecular flexibility index (Phi) is 9.97. The van der Waals surface area contributed by atoms with Gasteiger partial charge in [-0.3, -0.25) is 14.5 Å². The molecule has 2 heterocycles. The average molecular weight is 682 g/mol. The summed E-state index contributed by atoms with van der Waals surface area (Å²) in [7, 11) is 0. The molecule has 0 atom stereocenters. The lowest BCUT2D eigenvalue weighted by Crippen LogP contribution is -2.31. The van der Waals surface area contributed by atoms with Crippen LogP contribution in [0.15, 0.2) is 65.6 Å². The molecule has 0 saturated carbocycles. The molecule has 242 valence electrons. The largest absolute Gasteiger partial charge is 0.456 e. The highest BCUT2D eigenvalue weighted by Gasteiger charge is 2.37. The van der Waals surface area contributed by atoms with Crippen molar-refractivity contribution in [2.75, 3.05) is 11.9 Å². The molecule has 3 aromatic rings. The molecule has 1 N–H and O–H groups in total. The fourth-order valence-corrected chi connectivity index (χ4v) is 5.38. The second-order valence-corrected chi connectivity index (χ2v) is 12.6. The predicted molar refractivity (Wildman–Crippen MR) is 164 cm³/mol. The van der Waals surface area contributed by atoms with E-state index >= 15 is 0 Å². The van der Waals surface area contributed by atoms with Crippen molar-refractivity contribution in [3.63, 3.8) is 0 Å². The maximum absolute atomic E-state index is 13.3. The van der Waals surface area contributed by atoms with E-state index in [1.807, 2.05) is 0 Å². The molecule has 7 nitrogen and oxygen atoms in total. The molecule has 2 amide bonds. The number of rotatable bonds is 7. The quantitative estimate of drug-likeness (QED) is 0.117. The molecule has 1 aliphatic heterocycles. The number of alkyl halides is 6. The first-order valence-electron chi connectivity index (χ1n) is 13.5. The lowest BCUT2D eigenvalue weighted by Gasteiger charge is -2.19. The van der Waals surface area contributed by atoms with Gasteiger partial charge in [0.1, 0.15) is 9.92 Å². The third kappa shape index (κ3) is 8.94. The van der Waals surface area contributed by atoms with Crippen molar-refractivity contribution in [2.24, 2.45) is 0 Å². The van der Waals surface area contributed by atoms with Crippen LogP contribution in [0.2, 0.25) is 0 Å². The Balaban J connectivity index is 1.43. The standard InChI is InChI=1S/C31H25F6N3O4S2/c1-29(2,3)44-27(43)17-7-9-21(10-8-17)39-25(41)11-12-40-26(42)24(46-28(40)45)16-22-5-4-6-23(38-22)18-13-19(30(32,33)34)15-20(14-18)31(35,36)37/h4-10,13-16H,11-12H2,1-3H3,(H,39,41)/b24-16-. The van der Waals surface area contributed by atoms with E-state index in [9.17, 15) is 40.7 Å². The monoisotopic (exact) mass is 681 g/mol. The topological polar surface area (TPSA) is 88.6 Å². The van der Waals surface area contributed by atoms with Crippen molar-refractivity contribution in [1.82, 2.24) is 9.88 Å². The van der Waals surface area contributed by atoms with Crippen LogP contribution < -0.4 is 5.32 Å². The summed E-state index contributed by atoms with van der Waals surface area (Å²) in [5, 5.41) is 2.66. The number of nitrogens with zero attached hydrogens (tertiary/aromatic N) is 2. The van der Waals surface area contributed by atoms with Crippen LogP contribution in [0.3, 0.4) is 0 Å². The zero-order chi connectivity index (χ0) is 34.0. The van der Waals surface area contributed by atoms with Gasteiger partial charge in [0.25, 0.3) is 5.91 Å². The van der Waals surface area contributed by atoms with Gasteiger partial charge in [-0.15, -0.1) is 0 Å². The highest BCUT2D eigenvalue weighted by molar-refractivity contribution is 8.26. The number of thioether (sulfide) groups is 1. The number of amides is 2. The van der Waals surface area contributed by atoms with Gasteiger partial charge in [-0.2, -0.15) is 26.3 Å². The molecule has 1 aromatic heterocycles. The molecule has 15 heteroatoms. The molecular formula is C31H25F6N3O4S2. The minimum absolute atomic E-state index is 0.0291. The summed E-state index contributed by atoms with van der Waals surface area (Å²) in [6.07, 6.45) is -8.86. The van der Waals surface area contributed by atoms with Gasteiger partial charge >= 0.3 is 18.3 Å². The zero-order valence-electron chi connectivity index (χ0n) is 24.4. The summed E-state index contributed by atoms with van der Waals surface area (Å²) in [5.41, 5.74) is -3.39. The molecule has 0 aliphatic carbocycles. The van der Waals surface area contributed by atoms with Gasteiger partial charge in [-0.1, -0.05) is 30.0 Å². The molecule has 0 radical (unpaired) electrons. The van der Waals surface area contributed by atoms with Gasteiger partial charge in [0, 0.05) is 24.2 Å². The number of esters is 1. The van der Waals surface area contributed by atoms with Crippen molar-refractivity contribution in [3.05, 3.63) is 88.0 Å². The second-order valence-electron chi connectivity index (χ2n) is 11.0. The van der Waals surface area contributed by atoms with E-state index < -0.39 is 52.4 Å². The van der Waals surface area contributed by atoms with Gasteiger partial charge in [0.05, 0.1) is 33.0 Å². The van der Waals surface area contributed by atoms with Gasteiger partial charge in [0.15, 0.2) is 0 Å². The minimum atomic E-state index is -5.02. The highest BCUT2D eigenvalue weighted by Crippen LogP contribution is 2.39. The van der Waals surface area contributed by atoms with Crippen LogP contribution in [0.5, 0.6) is 0 Å². The number of hydrogen-bond donors (Lipinski definition) is 1. The maximum atomic E-state index is 13.3. The Morgan fingerprint density at radius 1 is 0.957 bits per heavy atom. The third-order valence-corrected chi connectivity index (χ3v) is 7.55. The summed E-state index contributed by atoms with van der Waals surface area (Å²) in [6, 6.07) is 11.3. The Morgan fingerprint density at radius 2 is 1.57 bits per heavy atom. The number of thiocarbonyl (C=S) groups is 1. The summed E-state index contributed by atoms with van der Waals surface area (Å²) >= 11 is 6.20. The first-order valence-corrected chi connectivity index (χ1v) is 14.7.